The van der Waals surface area contributed by atoms with Gasteiger partial charge >= 0.3 is 0 Å². The lowest BCUT2D eigenvalue weighted by molar-refractivity contribution is 0.0708. The molecule has 0 atom stereocenters. The second-order valence-electron chi connectivity index (χ2n) is 5.89. The first kappa shape index (κ1) is 15.8. The topological polar surface area (TPSA) is 72.1 Å². The molecule has 25 heavy (non-hydrogen) atoms. The van der Waals surface area contributed by atoms with Crippen LogP contribution in [0.5, 0.6) is 0 Å². The minimum absolute atomic E-state index is 0.116. The van der Waals surface area contributed by atoms with Gasteiger partial charge in [-0.25, -0.2) is 0 Å². The third-order valence-corrected chi connectivity index (χ3v) is 4.25. The molecule has 4 rings (SSSR count). The van der Waals surface area contributed by atoms with E-state index in [1.807, 2.05) is 12.1 Å². The maximum absolute atomic E-state index is 12.7. The van der Waals surface area contributed by atoms with E-state index in [1.54, 1.807) is 41.4 Å². The van der Waals surface area contributed by atoms with Gasteiger partial charge in [0, 0.05) is 22.8 Å². The van der Waals surface area contributed by atoms with Crippen LogP contribution in [0, 0.1) is 0 Å². The maximum Gasteiger partial charge on any atom is 0.273 e. The lowest BCUT2D eigenvalue weighted by atomic mass is 10.2. The predicted octanol–water partition coefficient (Wildman–Crippen LogP) is 3.59. The highest BCUT2D eigenvalue weighted by Crippen LogP contribution is 2.30. The summed E-state index contributed by atoms with van der Waals surface area (Å²) in [4.78, 5) is 18.6. The van der Waals surface area contributed by atoms with Gasteiger partial charge < -0.3 is 9.32 Å². The SMILES string of the molecule is O=C(c1ccccn1)N(Cc1nnc(-c2ccc(Cl)cc2)o1)C1CC1. The fourth-order valence-electron chi connectivity index (χ4n) is 2.56. The summed E-state index contributed by atoms with van der Waals surface area (Å²) in [5, 5.41) is 8.79. The molecule has 7 heteroatoms. The van der Waals surface area contributed by atoms with E-state index in [0.29, 0.717) is 22.5 Å². The smallest absolute Gasteiger partial charge is 0.273 e. The molecule has 1 aliphatic carbocycles. The fourth-order valence-corrected chi connectivity index (χ4v) is 2.69. The monoisotopic (exact) mass is 354 g/mol. The summed E-state index contributed by atoms with van der Waals surface area (Å²) in [6.45, 7) is 0.278. The molecular formula is C18H15ClN4O2. The zero-order valence-electron chi connectivity index (χ0n) is 13.3. The van der Waals surface area contributed by atoms with E-state index >= 15 is 0 Å². The number of carbonyl (C=O) groups is 1. The quantitative estimate of drug-likeness (QED) is 0.700. The van der Waals surface area contributed by atoms with Crippen molar-refractivity contribution in [3.63, 3.8) is 0 Å². The van der Waals surface area contributed by atoms with Crippen LogP contribution in [0.2, 0.25) is 5.02 Å². The van der Waals surface area contributed by atoms with E-state index < -0.39 is 0 Å². The molecule has 126 valence electrons. The van der Waals surface area contributed by atoms with Crippen molar-refractivity contribution >= 4 is 17.5 Å². The number of carbonyl (C=O) groups excluding carboxylic acids is 1. The molecule has 1 aromatic carbocycles. The first-order valence-corrected chi connectivity index (χ1v) is 8.39. The minimum Gasteiger partial charge on any atom is -0.419 e. The molecule has 1 saturated carbocycles. The minimum atomic E-state index is -0.116. The Morgan fingerprint density at radius 1 is 1.16 bits per heavy atom. The molecule has 0 bridgehead atoms. The molecule has 0 radical (unpaired) electrons. The van der Waals surface area contributed by atoms with Crippen LogP contribution in [0.25, 0.3) is 11.5 Å². The van der Waals surface area contributed by atoms with Crippen LogP contribution in [-0.4, -0.2) is 32.0 Å². The first-order valence-electron chi connectivity index (χ1n) is 8.01. The summed E-state index contributed by atoms with van der Waals surface area (Å²) in [5.41, 5.74) is 1.21. The van der Waals surface area contributed by atoms with E-state index in [-0.39, 0.29) is 18.5 Å². The van der Waals surface area contributed by atoms with Crippen LogP contribution in [-0.2, 0) is 6.54 Å². The van der Waals surface area contributed by atoms with E-state index in [4.69, 9.17) is 16.0 Å². The number of pyridine rings is 1. The summed E-state index contributed by atoms with van der Waals surface area (Å²) >= 11 is 5.89. The summed E-state index contributed by atoms with van der Waals surface area (Å²) in [5.74, 6) is 0.697. The standard InChI is InChI=1S/C18H15ClN4O2/c19-13-6-4-12(5-7-13)17-22-21-16(25-17)11-23(14-8-9-14)18(24)15-3-1-2-10-20-15/h1-7,10,14H,8-9,11H2. The Kier molecular flexibility index (Phi) is 4.19. The van der Waals surface area contributed by atoms with Gasteiger partial charge in [-0.2, -0.15) is 0 Å². The van der Waals surface area contributed by atoms with Gasteiger partial charge in [0.25, 0.3) is 5.91 Å². The summed E-state index contributed by atoms with van der Waals surface area (Å²) in [6, 6.07) is 12.7. The van der Waals surface area contributed by atoms with E-state index in [1.165, 1.54) is 0 Å². The van der Waals surface area contributed by atoms with Crippen LogP contribution < -0.4 is 0 Å². The Bertz CT molecular complexity index is 876. The Morgan fingerprint density at radius 2 is 1.96 bits per heavy atom. The lowest BCUT2D eigenvalue weighted by Gasteiger charge is -2.19. The van der Waals surface area contributed by atoms with Crippen molar-refractivity contribution in [2.24, 2.45) is 0 Å². The van der Waals surface area contributed by atoms with Crippen LogP contribution in [0.15, 0.2) is 53.1 Å². The molecule has 0 saturated heterocycles. The molecule has 2 aromatic heterocycles. The summed E-state index contributed by atoms with van der Waals surface area (Å²) < 4.78 is 5.72. The molecular weight excluding hydrogens is 340 g/mol. The van der Waals surface area contributed by atoms with Crippen LogP contribution in [0.1, 0.15) is 29.2 Å². The van der Waals surface area contributed by atoms with E-state index in [2.05, 4.69) is 15.2 Å². The second-order valence-corrected chi connectivity index (χ2v) is 6.32. The molecule has 0 N–H and O–H groups in total. The zero-order chi connectivity index (χ0) is 17.2. The van der Waals surface area contributed by atoms with Crippen molar-refractivity contribution < 1.29 is 9.21 Å². The maximum atomic E-state index is 12.7. The van der Waals surface area contributed by atoms with Gasteiger partial charge in [-0.3, -0.25) is 9.78 Å². The van der Waals surface area contributed by atoms with Crippen molar-refractivity contribution in [2.45, 2.75) is 25.4 Å². The van der Waals surface area contributed by atoms with Gasteiger partial charge in [0.05, 0.1) is 6.54 Å². The predicted molar refractivity (Wildman–Crippen MR) is 91.9 cm³/mol. The van der Waals surface area contributed by atoms with Crippen LogP contribution in [0.3, 0.4) is 0 Å². The normalized spacial score (nSPS) is 13.6. The Labute approximate surface area is 149 Å². The lowest BCUT2D eigenvalue weighted by Crippen LogP contribution is -2.33. The van der Waals surface area contributed by atoms with Gasteiger partial charge in [0.1, 0.15) is 5.69 Å². The number of rotatable bonds is 5. The number of hydrogen-bond donors (Lipinski definition) is 0. The van der Waals surface area contributed by atoms with Crippen molar-refractivity contribution in [3.8, 4) is 11.5 Å². The largest absolute Gasteiger partial charge is 0.419 e. The highest BCUT2D eigenvalue weighted by atomic mass is 35.5. The van der Waals surface area contributed by atoms with Gasteiger partial charge in [-0.15, -0.1) is 10.2 Å². The van der Waals surface area contributed by atoms with Gasteiger partial charge in [-0.05, 0) is 49.2 Å². The molecule has 2 heterocycles. The van der Waals surface area contributed by atoms with Gasteiger partial charge in [0.15, 0.2) is 0 Å². The molecule has 1 amide bonds. The average molecular weight is 355 g/mol. The average Bonchev–Trinajstić information content (AvgIpc) is 3.39. The number of benzene rings is 1. The van der Waals surface area contributed by atoms with Crippen LogP contribution >= 0.6 is 11.6 Å². The Hall–Kier alpha value is -2.73. The number of nitrogens with zero attached hydrogens (tertiary/aromatic N) is 4. The van der Waals surface area contributed by atoms with Crippen molar-refractivity contribution in [1.82, 2.24) is 20.1 Å². The zero-order valence-corrected chi connectivity index (χ0v) is 14.1. The number of hydrogen-bond acceptors (Lipinski definition) is 5. The van der Waals surface area contributed by atoms with Gasteiger partial charge in [-0.1, -0.05) is 17.7 Å². The second kappa shape index (κ2) is 6.64. The van der Waals surface area contributed by atoms with E-state index in [0.717, 1.165) is 18.4 Å². The summed E-state index contributed by atoms with van der Waals surface area (Å²) in [6.07, 6.45) is 3.58. The van der Waals surface area contributed by atoms with Gasteiger partial charge in [0.2, 0.25) is 11.8 Å². The molecule has 0 spiro atoms. The van der Waals surface area contributed by atoms with E-state index in [9.17, 15) is 4.79 Å². The van der Waals surface area contributed by atoms with Crippen LogP contribution in [0.4, 0.5) is 0 Å². The molecule has 0 aliphatic heterocycles. The van der Waals surface area contributed by atoms with Crippen molar-refractivity contribution in [2.75, 3.05) is 0 Å². The Morgan fingerprint density at radius 3 is 2.64 bits per heavy atom. The molecule has 6 nitrogen and oxygen atoms in total. The highest BCUT2D eigenvalue weighted by molar-refractivity contribution is 6.30. The molecule has 3 aromatic rings. The Balaban J connectivity index is 1.53. The number of amides is 1. The number of aromatic nitrogens is 3. The van der Waals surface area contributed by atoms with Crippen molar-refractivity contribution in [1.29, 1.82) is 0 Å². The third kappa shape index (κ3) is 3.53. The highest BCUT2D eigenvalue weighted by Gasteiger charge is 2.34. The molecule has 0 unspecified atom stereocenters. The summed E-state index contributed by atoms with van der Waals surface area (Å²) in [7, 11) is 0. The van der Waals surface area contributed by atoms with Crippen molar-refractivity contribution in [3.05, 3.63) is 65.3 Å². The first-order chi connectivity index (χ1) is 12.2. The fraction of sp³-hybridized carbons (Fsp3) is 0.222. The third-order valence-electron chi connectivity index (χ3n) is 4.00. The molecule has 1 fully saturated rings. The molecule has 1 aliphatic rings. The number of halogens is 1.